The summed E-state index contributed by atoms with van der Waals surface area (Å²) in [6.45, 7) is 0. The molecular formula is C9H6BrNO. The highest BCUT2D eigenvalue weighted by molar-refractivity contribution is 9.10. The van der Waals surface area contributed by atoms with Gasteiger partial charge in [0.25, 0.3) is 0 Å². The van der Waals surface area contributed by atoms with Gasteiger partial charge in [0.2, 0.25) is 0 Å². The van der Waals surface area contributed by atoms with Crippen LogP contribution >= 0.6 is 15.9 Å². The zero-order chi connectivity index (χ0) is 8.55. The number of fused-ring (bicyclic) bond motifs is 1. The molecule has 0 aliphatic rings. The van der Waals surface area contributed by atoms with Crippen molar-refractivity contribution in [2.45, 2.75) is 0 Å². The van der Waals surface area contributed by atoms with Gasteiger partial charge in [0.15, 0.2) is 0 Å². The fourth-order valence-electron chi connectivity index (χ4n) is 1.15. The van der Waals surface area contributed by atoms with E-state index in [0.717, 1.165) is 15.2 Å². The Kier molecular flexibility index (Phi) is 1.73. The van der Waals surface area contributed by atoms with Crippen LogP contribution in [-0.2, 0) is 0 Å². The summed E-state index contributed by atoms with van der Waals surface area (Å²) in [5.41, 5.74) is 0. The van der Waals surface area contributed by atoms with Crippen molar-refractivity contribution in [2.75, 3.05) is 0 Å². The van der Waals surface area contributed by atoms with Crippen molar-refractivity contribution in [2.24, 2.45) is 0 Å². The van der Waals surface area contributed by atoms with E-state index in [1.165, 1.54) is 0 Å². The number of aromatic hydroxyl groups is 1. The summed E-state index contributed by atoms with van der Waals surface area (Å²) in [6, 6.07) is 5.38. The van der Waals surface area contributed by atoms with Crippen LogP contribution in [-0.4, -0.2) is 10.1 Å². The van der Waals surface area contributed by atoms with Crippen LogP contribution in [0.15, 0.2) is 35.1 Å². The Labute approximate surface area is 78.0 Å². The maximum atomic E-state index is 9.49. The molecule has 0 saturated heterocycles. The smallest absolute Gasteiger partial charge is 0.124 e. The van der Waals surface area contributed by atoms with Gasteiger partial charge in [-0.25, -0.2) is 0 Å². The molecule has 1 aromatic heterocycles. The van der Waals surface area contributed by atoms with Crippen molar-refractivity contribution in [3.05, 3.63) is 35.1 Å². The minimum absolute atomic E-state index is 0.279. The van der Waals surface area contributed by atoms with Crippen LogP contribution in [0.5, 0.6) is 5.75 Å². The number of phenols is 1. The summed E-state index contributed by atoms with van der Waals surface area (Å²) < 4.78 is 0.862. The second kappa shape index (κ2) is 2.75. The summed E-state index contributed by atoms with van der Waals surface area (Å²) >= 11 is 3.30. The van der Waals surface area contributed by atoms with Crippen molar-refractivity contribution in [3.8, 4) is 5.75 Å². The highest BCUT2D eigenvalue weighted by atomic mass is 79.9. The number of nitrogens with zero attached hydrogens (tertiary/aromatic N) is 1. The van der Waals surface area contributed by atoms with E-state index in [-0.39, 0.29) is 5.75 Å². The lowest BCUT2D eigenvalue weighted by Gasteiger charge is -2.00. The predicted molar refractivity (Wildman–Crippen MR) is 51.1 cm³/mol. The SMILES string of the molecule is Oc1cc(Br)cc2cnccc12. The maximum absolute atomic E-state index is 9.49. The molecule has 60 valence electrons. The van der Waals surface area contributed by atoms with Crippen molar-refractivity contribution in [1.82, 2.24) is 4.98 Å². The van der Waals surface area contributed by atoms with Gasteiger partial charge in [-0.1, -0.05) is 15.9 Å². The molecule has 0 radical (unpaired) electrons. The van der Waals surface area contributed by atoms with Crippen molar-refractivity contribution >= 4 is 26.7 Å². The van der Waals surface area contributed by atoms with Crippen molar-refractivity contribution < 1.29 is 5.11 Å². The number of rotatable bonds is 0. The largest absolute Gasteiger partial charge is 0.507 e. The Balaban J connectivity index is 2.89. The molecule has 2 rings (SSSR count). The van der Waals surface area contributed by atoms with Crippen LogP contribution in [0.3, 0.4) is 0 Å². The molecule has 0 aliphatic heterocycles. The molecule has 0 amide bonds. The van der Waals surface area contributed by atoms with Gasteiger partial charge in [-0.3, -0.25) is 4.98 Å². The third-order valence-electron chi connectivity index (χ3n) is 1.70. The Morgan fingerprint density at radius 2 is 2.17 bits per heavy atom. The van der Waals surface area contributed by atoms with E-state index in [1.54, 1.807) is 24.5 Å². The molecule has 0 bridgehead atoms. The highest BCUT2D eigenvalue weighted by Gasteiger charge is 1.99. The van der Waals surface area contributed by atoms with Crippen LogP contribution < -0.4 is 0 Å². The van der Waals surface area contributed by atoms with E-state index < -0.39 is 0 Å². The van der Waals surface area contributed by atoms with E-state index in [9.17, 15) is 5.11 Å². The normalized spacial score (nSPS) is 10.4. The zero-order valence-electron chi connectivity index (χ0n) is 6.16. The molecule has 3 heteroatoms. The van der Waals surface area contributed by atoms with Gasteiger partial charge in [-0.2, -0.15) is 0 Å². The molecule has 0 unspecified atom stereocenters. The number of hydrogen-bond donors (Lipinski definition) is 1. The van der Waals surface area contributed by atoms with Gasteiger partial charge in [-0.05, 0) is 18.2 Å². The Hall–Kier alpha value is -1.09. The first kappa shape index (κ1) is 7.55. The van der Waals surface area contributed by atoms with Crippen LogP contribution in [0.1, 0.15) is 0 Å². The van der Waals surface area contributed by atoms with Gasteiger partial charge in [0.05, 0.1) is 0 Å². The first-order valence-electron chi connectivity index (χ1n) is 3.49. The van der Waals surface area contributed by atoms with Crippen molar-refractivity contribution in [3.63, 3.8) is 0 Å². The molecule has 0 fully saturated rings. The monoisotopic (exact) mass is 223 g/mol. The lowest BCUT2D eigenvalue weighted by Crippen LogP contribution is -1.76. The highest BCUT2D eigenvalue weighted by Crippen LogP contribution is 2.27. The first-order chi connectivity index (χ1) is 5.77. The molecule has 2 aromatic rings. The third-order valence-corrected chi connectivity index (χ3v) is 2.15. The average molecular weight is 224 g/mol. The fourth-order valence-corrected chi connectivity index (χ4v) is 1.62. The number of aromatic nitrogens is 1. The molecule has 0 saturated carbocycles. The minimum atomic E-state index is 0.279. The standard InChI is InChI=1S/C9H6BrNO/c10-7-3-6-5-11-2-1-8(6)9(12)4-7/h1-5,12H. The van der Waals surface area contributed by atoms with E-state index in [1.807, 2.05) is 6.07 Å². The van der Waals surface area contributed by atoms with Crippen molar-refractivity contribution in [1.29, 1.82) is 0 Å². The lowest BCUT2D eigenvalue weighted by molar-refractivity contribution is 0.481. The van der Waals surface area contributed by atoms with Crippen LogP contribution in [0.2, 0.25) is 0 Å². The quantitative estimate of drug-likeness (QED) is 0.746. The average Bonchev–Trinajstić information content (AvgIpc) is 2.04. The zero-order valence-corrected chi connectivity index (χ0v) is 7.75. The summed E-state index contributed by atoms with van der Waals surface area (Å²) in [4.78, 5) is 3.96. The van der Waals surface area contributed by atoms with Gasteiger partial charge >= 0.3 is 0 Å². The summed E-state index contributed by atoms with van der Waals surface area (Å²) in [7, 11) is 0. The van der Waals surface area contributed by atoms with Gasteiger partial charge in [0.1, 0.15) is 5.75 Å². The second-order valence-electron chi connectivity index (χ2n) is 2.52. The lowest BCUT2D eigenvalue weighted by atomic mass is 10.2. The van der Waals surface area contributed by atoms with E-state index in [4.69, 9.17) is 0 Å². The number of benzene rings is 1. The number of hydrogen-bond acceptors (Lipinski definition) is 2. The first-order valence-corrected chi connectivity index (χ1v) is 4.29. The van der Waals surface area contributed by atoms with Gasteiger partial charge in [0, 0.05) is 27.6 Å². The minimum Gasteiger partial charge on any atom is -0.507 e. The molecule has 2 nitrogen and oxygen atoms in total. The molecule has 1 heterocycles. The number of phenolic OH excluding ortho intramolecular Hbond substituents is 1. The molecule has 1 aromatic carbocycles. The molecule has 1 N–H and O–H groups in total. The van der Waals surface area contributed by atoms with E-state index in [0.29, 0.717) is 0 Å². The number of pyridine rings is 1. The molecular weight excluding hydrogens is 218 g/mol. The Bertz CT molecular complexity index is 428. The topological polar surface area (TPSA) is 33.1 Å². The molecule has 0 aliphatic carbocycles. The van der Waals surface area contributed by atoms with Crippen LogP contribution in [0, 0.1) is 0 Å². The van der Waals surface area contributed by atoms with Crippen LogP contribution in [0.25, 0.3) is 10.8 Å². The Morgan fingerprint density at radius 1 is 1.33 bits per heavy atom. The number of halogens is 1. The third kappa shape index (κ3) is 1.16. The maximum Gasteiger partial charge on any atom is 0.124 e. The Morgan fingerprint density at radius 3 is 3.00 bits per heavy atom. The van der Waals surface area contributed by atoms with E-state index in [2.05, 4.69) is 20.9 Å². The molecule has 0 atom stereocenters. The summed E-state index contributed by atoms with van der Waals surface area (Å²) in [5, 5.41) is 11.3. The predicted octanol–water partition coefficient (Wildman–Crippen LogP) is 2.70. The van der Waals surface area contributed by atoms with E-state index >= 15 is 0 Å². The van der Waals surface area contributed by atoms with Gasteiger partial charge in [-0.15, -0.1) is 0 Å². The molecule has 0 spiro atoms. The summed E-state index contributed by atoms with van der Waals surface area (Å²) in [6.07, 6.45) is 3.38. The second-order valence-corrected chi connectivity index (χ2v) is 3.44. The van der Waals surface area contributed by atoms with Crippen LogP contribution in [0.4, 0.5) is 0 Å². The van der Waals surface area contributed by atoms with Gasteiger partial charge < -0.3 is 5.11 Å². The summed E-state index contributed by atoms with van der Waals surface area (Å²) in [5.74, 6) is 0.279. The molecule has 12 heavy (non-hydrogen) atoms. The fraction of sp³-hybridized carbons (Fsp3) is 0.